The van der Waals surface area contributed by atoms with Crippen molar-refractivity contribution < 1.29 is 24.9 Å². The number of guanidine groups is 1. The fraction of sp³-hybridized carbons (Fsp3) is 0.714. The van der Waals surface area contributed by atoms with Crippen molar-refractivity contribution in [2.24, 2.45) is 16.5 Å². The highest BCUT2D eigenvalue weighted by atomic mass is 16.6. The van der Waals surface area contributed by atoms with Crippen molar-refractivity contribution in [3.05, 3.63) is 0 Å². The van der Waals surface area contributed by atoms with Gasteiger partial charge in [-0.05, 0) is 0 Å². The number of ether oxygens (including phenoxy) is 1. The lowest BCUT2D eigenvalue weighted by molar-refractivity contribution is -0.0281. The molecule has 16 heavy (non-hydrogen) atoms. The largest absolute Gasteiger partial charge is 0.394 e. The summed E-state index contributed by atoms with van der Waals surface area (Å²) in [6, 6.07) is -0.908. The van der Waals surface area contributed by atoms with Crippen molar-refractivity contribution in [3.8, 4) is 0 Å². The summed E-state index contributed by atoms with van der Waals surface area (Å²) in [7, 11) is 0. The number of nitrogens with zero attached hydrogens (tertiary/aromatic N) is 1. The van der Waals surface area contributed by atoms with Gasteiger partial charge in [0.1, 0.15) is 18.3 Å². The third-order valence-corrected chi connectivity index (χ3v) is 2.04. The molecule has 9 nitrogen and oxygen atoms in total. The van der Waals surface area contributed by atoms with E-state index in [2.05, 4.69) is 10.3 Å². The molecule has 0 aliphatic carbocycles. The number of amides is 2. The van der Waals surface area contributed by atoms with E-state index >= 15 is 0 Å². The average molecular weight is 234 g/mol. The number of urea groups is 1. The summed E-state index contributed by atoms with van der Waals surface area (Å²) in [6.45, 7) is -0.479. The number of aliphatic hydroxyl groups excluding tert-OH is 3. The second-order valence-corrected chi connectivity index (χ2v) is 3.25. The number of nitrogens with one attached hydrogen (secondary N) is 1. The molecular formula is C7H14N4O5. The van der Waals surface area contributed by atoms with E-state index in [0.29, 0.717) is 0 Å². The molecule has 4 unspecified atom stereocenters. The van der Waals surface area contributed by atoms with Crippen LogP contribution in [0.1, 0.15) is 0 Å². The van der Waals surface area contributed by atoms with Crippen LogP contribution in [0.4, 0.5) is 4.79 Å². The van der Waals surface area contributed by atoms with E-state index in [1.165, 1.54) is 0 Å². The van der Waals surface area contributed by atoms with E-state index in [4.69, 9.17) is 21.3 Å². The molecule has 0 spiro atoms. The summed E-state index contributed by atoms with van der Waals surface area (Å²) < 4.78 is 4.95. The molecule has 1 aliphatic rings. The van der Waals surface area contributed by atoms with Gasteiger partial charge < -0.3 is 36.8 Å². The molecule has 1 rings (SSSR count). The first kappa shape index (κ1) is 12.6. The highest BCUT2D eigenvalue weighted by Gasteiger charge is 2.42. The first-order valence-corrected chi connectivity index (χ1v) is 4.48. The molecule has 92 valence electrons. The molecule has 2 amide bonds. The van der Waals surface area contributed by atoms with Crippen LogP contribution in [0.2, 0.25) is 0 Å². The number of rotatable bonds is 2. The van der Waals surface area contributed by atoms with E-state index in [0.717, 1.165) is 0 Å². The van der Waals surface area contributed by atoms with E-state index in [1.54, 1.807) is 0 Å². The Balaban J connectivity index is 2.56. The van der Waals surface area contributed by atoms with Gasteiger partial charge in [-0.1, -0.05) is 0 Å². The van der Waals surface area contributed by atoms with Crippen molar-refractivity contribution in [3.63, 3.8) is 0 Å². The second-order valence-electron chi connectivity index (χ2n) is 3.25. The summed E-state index contributed by atoms with van der Waals surface area (Å²) in [6.07, 6.45) is -4.76. The molecule has 0 aromatic rings. The minimum absolute atomic E-state index is 0.441. The number of carbonyl (C=O) groups excluding carboxylic acids is 1. The number of nitrogens with two attached hydrogens (primary N) is 2. The molecule has 4 atom stereocenters. The Kier molecular flexibility index (Phi) is 4.01. The molecule has 1 fully saturated rings. The predicted octanol–water partition coefficient (Wildman–Crippen LogP) is -3.59. The first-order chi connectivity index (χ1) is 7.45. The van der Waals surface area contributed by atoms with Crippen LogP contribution in [-0.2, 0) is 4.74 Å². The van der Waals surface area contributed by atoms with Gasteiger partial charge in [-0.15, -0.1) is 0 Å². The highest BCUT2D eigenvalue weighted by molar-refractivity contribution is 5.90. The smallest absolute Gasteiger partial charge is 0.346 e. The Hall–Kier alpha value is -1.42. The van der Waals surface area contributed by atoms with Gasteiger partial charge in [0.05, 0.1) is 6.61 Å². The van der Waals surface area contributed by atoms with Gasteiger partial charge in [0.15, 0.2) is 12.2 Å². The maximum atomic E-state index is 11.1. The van der Waals surface area contributed by atoms with Crippen LogP contribution < -0.4 is 16.8 Å². The molecule has 9 heteroatoms. The van der Waals surface area contributed by atoms with Gasteiger partial charge >= 0.3 is 6.03 Å². The Morgan fingerprint density at radius 2 is 2.00 bits per heavy atom. The average Bonchev–Trinajstić information content (AvgIpc) is 2.44. The molecule has 0 radical (unpaired) electrons. The molecule has 1 heterocycles. The van der Waals surface area contributed by atoms with E-state index in [9.17, 15) is 15.0 Å². The van der Waals surface area contributed by atoms with Gasteiger partial charge in [-0.25, -0.2) is 4.79 Å². The second kappa shape index (κ2) is 5.07. The fourth-order valence-corrected chi connectivity index (χ4v) is 1.29. The quantitative estimate of drug-likeness (QED) is 0.212. The van der Waals surface area contributed by atoms with Crippen LogP contribution in [0.25, 0.3) is 0 Å². The summed E-state index contributed by atoms with van der Waals surface area (Å²) in [5.41, 5.74) is 9.91. The lowest BCUT2D eigenvalue weighted by Crippen LogP contribution is -2.43. The molecule has 1 aliphatic heterocycles. The van der Waals surface area contributed by atoms with Gasteiger partial charge in [0.2, 0.25) is 0 Å². The lowest BCUT2D eigenvalue weighted by atomic mass is 10.1. The standard InChI is InChI=1S/C7H14N4O5/c8-6(9)11-7(15)10-5-4(14)3(13)2(1-12)16-5/h2-5,12-14H,1H2,(H5,8,9,10,11,15). The summed E-state index contributed by atoms with van der Waals surface area (Å²) in [5.74, 6) is -0.441. The predicted molar refractivity (Wildman–Crippen MR) is 52.1 cm³/mol. The Morgan fingerprint density at radius 1 is 1.38 bits per heavy atom. The Morgan fingerprint density at radius 3 is 2.44 bits per heavy atom. The molecular weight excluding hydrogens is 220 g/mol. The number of aliphatic hydroxyl groups is 3. The number of hydrogen-bond acceptors (Lipinski definition) is 5. The van der Waals surface area contributed by atoms with Crippen molar-refractivity contribution >= 4 is 12.0 Å². The zero-order chi connectivity index (χ0) is 12.3. The van der Waals surface area contributed by atoms with Crippen molar-refractivity contribution in [2.75, 3.05) is 6.61 Å². The zero-order valence-corrected chi connectivity index (χ0v) is 8.28. The van der Waals surface area contributed by atoms with Crippen LogP contribution in [0.15, 0.2) is 4.99 Å². The summed E-state index contributed by atoms with van der Waals surface area (Å²) >= 11 is 0. The van der Waals surface area contributed by atoms with Crippen molar-refractivity contribution in [1.29, 1.82) is 0 Å². The lowest BCUT2D eigenvalue weighted by Gasteiger charge is -2.14. The third-order valence-electron chi connectivity index (χ3n) is 2.04. The van der Waals surface area contributed by atoms with Crippen LogP contribution in [0.3, 0.4) is 0 Å². The highest BCUT2D eigenvalue weighted by Crippen LogP contribution is 2.19. The minimum atomic E-state index is -1.35. The van der Waals surface area contributed by atoms with Gasteiger partial charge in [0, 0.05) is 0 Å². The monoisotopic (exact) mass is 234 g/mol. The topological polar surface area (TPSA) is 163 Å². The molecule has 0 saturated carbocycles. The number of carbonyl (C=O) groups is 1. The van der Waals surface area contributed by atoms with Crippen LogP contribution in [0, 0.1) is 0 Å². The summed E-state index contributed by atoms with van der Waals surface area (Å²) in [5, 5.41) is 29.7. The maximum Gasteiger partial charge on any atom is 0.346 e. The molecule has 1 saturated heterocycles. The van der Waals surface area contributed by atoms with Gasteiger partial charge in [0.25, 0.3) is 0 Å². The Bertz CT molecular complexity index is 293. The van der Waals surface area contributed by atoms with E-state index < -0.39 is 43.1 Å². The van der Waals surface area contributed by atoms with E-state index in [1.807, 2.05) is 0 Å². The van der Waals surface area contributed by atoms with Gasteiger partial charge in [-0.2, -0.15) is 4.99 Å². The fourth-order valence-electron chi connectivity index (χ4n) is 1.29. The normalized spacial score (nSPS) is 33.4. The SMILES string of the molecule is NC(N)=NC(=O)NC1OC(CO)C(O)C1O. The molecule has 0 aromatic carbocycles. The first-order valence-electron chi connectivity index (χ1n) is 4.48. The molecule has 8 N–H and O–H groups in total. The maximum absolute atomic E-state index is 11.1. The third kappa shape index (κ3) is 2.79. The van der Waals surface area contributed by atoms with Crippen molar-refractivity contribution in [1.82, 2.24) is 5.32 Å². The van der Waals surface area contributed by atoms with Crippen LogP contribution >= 0.6 is 0 Å². The summed E-state index contributed by atoms with van der Waals surface area (Å²) in [4.78, 5) is 14.2. The minimum Gasteiger partial charge on any atom is -0.394 e. The molecule has 0 aromatic heterocycles. The van der Waals surface area contributed by atoms with Crippen LogP contribution in [0.5, 0.6) is 0 Å². The number of aliphatic imine (C=N–C) groups is 1. The Labute approximate surface area is 90.7 Å². The number of hydrogen-bond donors (Lipinski definition) is 6. The van der Waals surface area contributed by atoms with Crippen molar-refractivity contribution in [2.45, 2.75) is 24.5 Å². The zero-order valence-electron chi connectivity index (χ0n) is 8.28. The van der Waals surface area contributed by atoms with Gasteiger partial charge in [-0.3, -0.25) is 0 Å². The van der Waals surface area contributed by atoms with Crippen LogP contribution in [-0.4, -0.2) is 58.5 Å². The van der Waals surface area contributed by atoms with E-state index in [-0.39, 0.29) is 0 Å². The molecule has 0 bridgehead atoms.